The second-order valence-corrected chi connectivity index (χ2v) is 7.37. The summed E-state index contributed by atoms with van der Waals surface area (Å²) < 4.78 is 1.49. The maximum atomic E-state index is 13.4. The van der Waals surface area contributed by atoms with E-state index in [1.54, 1.807) is 24.0 Å². The van der Waals surface area contributed by atoms with E-state index in [9.17, 15) is 15.2 Å². The first-order chi connectivity index (χ1) is 13.8. The number of aromatic hydroxyl groups is 1. The van der Waals surface area contributed by atoms with Crippen LogP contribution in [0.25, 0.3) is 5.69 Å². The van der Waals surface area contributed by atoms with Gasteiger partial charge in [0.25, 0.3) is 5.91 Å². The van der Waals surface area contributed by atoms with Gasteiger partial charge in [0.2, 0.25) is 5.82 Å². The molecule has 0 saturated heterocycles. The van der Waals surface area contributed by atoms with Gasteiger partial charge in [-0.05, 0) is 49.1 Å². The van der Waals surface area contributed by atoms with Gasteiger partial charge in [-0.25, -0.2) is 4.98 Å². The number of aromatic nitrogens is 2. The first-order valence-electron chi connectivity index (χ1n) is 9.28. The summed E-state index contributed by atoms with van der Waals surface area (Å²) in [6.45, 7) is 6.58. The Labute approximate surface area is 168 Å². The molecule has 3 N–H and O–H groups in total. The summed E-state index contributed by atoms with van der Waals surface area (Å²) in [5.74, 6) is -0.0717. The number of aryl methyl sites for hydroxylation is 2. The topological polar surface area (TPSA) is 108 Å². The molecule has 0 bridgehead atoms. The number of nitrogens with zero attached hydrogens (tertiary/aromatic N) is 4. The lowest BCUT2D eigenvalue weighted by Gasteiger charge is -2.19. The third-order valence-corrected chi connectivity index (χ3v) is 5.54. The van der Waals surface area contributed by atoms with Gasteiger partial charge in [0, 0.05) is 18.7 Å². The summed E-state index contributed by atoms with van der Waals surface area (Å²) in [7, 11) is 0. The maximum Gasteiger partial charge on any atom is 0.290 e. The van der Waals surface area contributed by atoms with Gasteiger partial charge < -0.3 is 15.7 Å². The molecule has 3 aromatic rings. The second-order valence-electron chi connectivity index (χ2n) is 7.37. The van der Waals surface area contributed by atoms with Crippen LogP contribution in [0, 0.1) is 32.1 Å². The Kier molecular flexibility index (Phi) is 4.27. The normalized spacial score (nSPS) is 12.7. The van der Waals surface area contributed by atoms with Crippen molar-refractivity contribution in [2.75, 3.05) is 5.73 Å². The van der Waals surface area contributed by atoms with Gasteiger partial charge in [-0.2, -0.15) is 5.26 Å². The molecule has 2 aromatic carbocycles. The molecule has 0 unspecified atom stereocenters. The van der Waals surface area contributed by atoms with E-state index in [1.807, 2.05) is 38.1 Å². The zero-order valence-electron chi connectivity index (χ0n) is 16.5. The largest absolute Gasteiger partial charge is 0.508 e. The number of nitrogens with two attached hydrogens (primary N) is 1. The van der Waals surface area contributed by atoms with E-state index in [-0.39, 0.29) is 29.0 Å². The number of phenolic OH excluding ortho intramolecular Hbond substituents is 1. The number of nitrogen functional groups attached to an aromatic ring is 1. The molecule has 1 aromatic heterocycles. The van der Waals surface area contributed by atoms with E-state index in [0.29, 0.717) is 24.3 Å². The average molecular weight is 387 g/mol. The molecule has 0 saturated carbocycles. The van der Waals surface area contributed by atoms with Crippen LogP contribution in [-0.4, -0.2) is 25.5 Å². The number of hydrogen-bond donors (Lipinski definition) is 2. The molecule has 1 amide bonds. The van der Waals surface area contributed by atoms with Crippen LogP contribution in [0.15, 0.2) is 30.3 Å². The van der Waals surface area contributed by atoms with Crippen molar-refractivity contribution < 1.29 is 9.90 Å². The Morgan fingerprint density at radius 2 is 1.93 bits per heavy atom. The van der Waals surface area contributed by atoms with E-state index >= 15 is 0 Å². The Morgan fingerprint density at radius 3 is 2.62 bits per heavy atom. The van der Waals surface area contributed by atoms with Crippen LogP contribution in [-0.2, 0) is 13.1 Å². The third kappa shape index (κ3) is 2.81. The molecule has 7 nitrogen and oxygen atoms in total. The van der Waals surface area contributed by atoms with Crippen LogP contribution < -0.4 is 5.73 Å². The van der Waals surface area contributed by atoms with Crippen molar-refractivity contribution in [2.24, 2.45) is 0 Å². The molecular weight excluding hydrogens is 366 g/mol. The van der Waals surface area contributed by atoms with Gasteiger partial charge in [0.15, 0.2) is 5.69 Å². The summed E-state index contributed by atoms with van der Waals surface area (Å²) >= 11 is 0. The minimum absolute atomic E-state index is 0.0108. The Bertz CT molecular complexity index is 1200. The van der Waals surface area contributed by atoms with Gasteiger partial charge in [-0.1, -0.05) is 24.3 Å². The highest BCUT2D eigenvalue weighted by atomic mass is 16.3. The van der Waals surface area contributed by atoms with Crippen molar-refractivity contribution in [1.82, 2.24) is 14.5 Å². The smallest absolute Gasteiger partial charge is 0.290 e. The Balaban J connectivity index is 1.85. The number of phenols is 1. The van der Waals surface area contributed by atoms with Crippen LogP contribution in [0.2, 0.25) is 0 Å². The molecule has 29 heavy (non-hydrogen) atoms. The van der Waals surface area contributed by atoms with Crippen molar-refractivity contribution >= 4 is 11.7 Å². The van der Waals surface area contributed by atoms with Gasteiger partial charge in [0.1, 0.15) is 17.6 Å². The second kappa shape index (κ2) is 6.67. The summed E-state index contributed by atoms with van der Waals surface area (Å²) in [5, 5.41) is 19.6. The lowest BCUT2D eigenvalue weighted by Crippen LogP contribution is -2.28. The molecule has 1 aliphatic heterocycles. The summed E-state index contributed by atoms with van der Waals surface area (Å²) in [5.41, 5.74) is 11.5. The Hall–Kier alpha value is -3.79. The number of imidazole rings is 1. The fourth-order valence-electron chi connectivity index (χ4n) is 3.93. The Morgan fingerprint density at radius 1 is 1.17 bits per heavy atom. The summed E-state index contributed by atoms with van der Waals surface area (Å²) in [4.78, 5) is 19.4. The number of carbonyl (C=O) groups is 1. The van der Waals surface area contributed by atoms with E-state index in [2.05, 4.69) is 4.98 Å². The maximum absolute atomic E-state index is 13.4. The standard InChI is InChI=1S/C22H21N5O2/c1-12-5-4-6-15-10-26(11-16(12)15)22(29)21-25-17(9-23)20(24)27(21)19-13(2)7-8-18(28)14(19)3/h4-8,28H,10-11,24H2,1-3H3. The fraction of sp³-hybridized carbons (Fsp3) is 0.227. The molecule has 1 aliphatic rings. The first-order valence-corrected chi connectivity index (χ1v) is 9.28. The highest BCUT2D eigenvalue weighted by Crippen LogP contribution is 2.33. The van der Waals surface area contributed by atoms with E-state index < -0.39 is 0 Å². The van der Waals surface area contributed by atoms with E-state index in [4.69, 9.17) is 5.73 Å². The van der Waals surface area contributed by atoms with Gasteiger partial charge in [0.05, 0.1) is 5.69 Å². The molecule has 0 spiro atoms. The van der Waals surface area contributed by atoms with Crippen LogP contribution >= 0.6 is 0 Å². The lowest BCUT2D eigenvalue weighted by molar-refractivity contribution is 0.0737. The van der Waals surface area contributed by atoms with Crippen LogP contribution in [0.5, 0.6) is 5.75 Å². The van der Waals surface area contributed by atoms with Crippen molar-refractivity contribution in [3.8, 4) is 17.5 Å². The molecule has 0 radical (unpaired) electrons. The van der Waals surface area contributed by atoms with Crippen molar-refractivity contribution in [3.05, 3.63) is 69.7 Å². The number of hydrogen-bond acceptors (Lipinski definition) is 5. The molecule has 0 aliphatic carbocycles. The number of carbonyl (C=O) groups excluding carboxylic acids is 1. The predicted octanol–water partition coefficient (Wildman–Crippen LogP) is 3.11. The SMILES string of the molecule is Cc1cccc2c1CN(C(=O)c1nc(C#N)c(N)n1-c1c(C)ccc(O)c1C)C2. The van der Waals surface area contributed by atoms with E-state index in [1.165, 1.54) is 4.57 Å². The molecule has 4 rings (SSSR count). The first kappa shape index (κ1) is 18.6. The highest BCUT2D eigenvalue weighted by Gasteiger charge is 2.31. The lowest BCUT2D eigenvalue weighted by atomic mass is 10.1. The fourth-order valence-corrected chi connectivity index (χ4v) is 3.93. The predicted molar refractivity (Wildman–Crippen MR) is 109 cm³/mol. The van der Waals surface area contributed by atoms with Crippen molar-refractivity contribution in [2.45, 2.75) is 33.9 Å². The quantitative estimate of drug-likeness (QED) is 0.702. The zero-order chi connectivity index (χ0) is 20.9. The highest BCUT2D eigenvalue weighted by molar-refractivity contribution is 5.93. The minimum atomic E-state index is -0.309. The number of fused-ring (bicyclic) bond motifs is 1. The van der Waals surface area contributed by atoms with Crippen LogP contribution in [0.3, 0.4) is 0 Å². The number of benzene rings is 2. The average Bonchev–Trinajstić information content (AvgIpc) is 3.27. The summed E-state index contributed by atoms with van der Waals surface area (Å²) in [6, 6.07) is 11.3. The molecule has 146 valence electrons. The minimum Gasteiger partial charge on any atom is -0.508 e. The van der Waals surface area contributed by atoms with Crippen LogP contribution in [0.1, 0.15) is 44.1 Å². The van der Waals surface area contributed by atoms with Gasteiger partial charge >= 0.3 is 0 Å². The molecular formula is C22H21N5O2. The molecule has 0 fully saturated rings. The zero-order valence-corrected chi connectivity index (χ0v) is 16.5. The number of nitriles is 1. The third-order valence-electron chi connectivity index (χ3n) is 5.54. The molecule has 7 heteroatoms. The molecule has 2 heterocycles. The molecule has 0 atom stereocenters. The summed E-state index contributed by atoms with van der Waals surface area (Å²) in [6.07, 6.45) is 0. The van der Waals surface area contributed by atoms with Crippen LogP contribution in [0.4, 0.5) is 5.82 Å². The monoisotopic (exact) mass is 387 g/mol. The van der Waals surface area contributed by atoms with Crippen molar-refractivity contribution in [3.63, 3.8) is 0 Å². The van der Waals surface area contributed by atoms with Crippen molar-refractivity contribution in [1.29, 1.82) is 5.26 Å². The number of amides is 1. The van der Waals surface area contributed by atoms with Gasteiger partial charge in [-0.15, -0.1) is 0 Å². The van der Waals surface area contributed by atoms with Gasteiger partial charge in [-0.3, -0.25) is 9.36 Å². The van der Waals surface area contributed by atoms with E-state index in [0.717, 1.165) is 22.3 Å². The number of anilines is 1. The number of rotatable bonds is 2.